The van der Waals surface area contributed by atoms with Gasteiger partial charge in [0.1, 0.15) is 16.4 Å². The second kappa shape index (κ2) is 7.13. The molecule has 3 rings (SSSR count). The quantitative estimate of drug-likeness (QED) is 0.539. The molecule has 0 bridgehead atoms. The third kappa shape index (κ3) is 3.13. The largest absolute Gasteiger partial charge is 0.347 e. The van der Waals surface area contributed by atoms with Crippen LogP contribution < -0.4 is 5.56 Å². The van der Waals surface area contributed by atoms with E-state index < -0.39 is 0 Å². The molecule has 8 heteroatoms. The number of nitrogens with zero attached hydrogens (tertiary/aromatic N) is 5. The molecule has 3 aromatic rings. The third-order valence-corrected chi connectivity index (χ3v) is 4.81. The zero-order valence-electron chi connectivity index (χ0n) is 15.4. The molecule has 27 heavy (non-hydrogen) atoms. The molecule has 2 aromatic heterocycles. The fourth-order valence-corrected chi connectivity index (χ4v) is 3.27. The summed E-state index contributed by atoms with van der Waals surface area (Å²) in [7, 11) is 1.80. The number of nitriles is 1. The minimum atomic E-state index is -0.260. The van der Waals surface area contributed by atoms with Crippen LogP contribution in [0.15, 0.2) is 45.4 Å². The van der Waals surface area contributed by atoms with E-state index in [0.29, 0.717) is 32.8 Å². The highest BCUT2D eigenvalue weighted by Crippen LogP contribution is 2.28. The maximum atomic E-state index is 12.9. The number of hydrogen-bond donors (Lipinski definition) is 1. The summed E-state index contributed by atoms with van der Waals surface area (Å²) in [4.78, 5) is 15.8. The lowest BCUT2D eigenvalue weighted by atomic mass is 10.1. The molecule has 0 radical (unpaired) electrons. The van der Waals surface area contributed by atoms with Gasteiger partial charge in [-0.2, -0.15) is 5.26 Å². The molecule has 1 N–H and O–H groups in total. The molecule has 0 aliphatic rings. The molecule has 136 valence electrons. The van der Waals surface area contributed by atoms with E-state index in [1.165, 1.54) is 0 Å². The van der Waals surface area contributed by atoms with E-state index in [2.05, 4.69) is 21.3 Å². The molecular weight excluding hydrogens is 360 g/mol. The van der Waals surface area contributed by atoms with Crippen molar-refractivity contribution in [2.75, 3.05) is 0 Å². The van der Waals surface area contributed by atoms with Gasteiger partial charge >= 0.3 is 0 Å². The maximum absolute atomic E-state index is 12.9. The number of azo groups is 1. The summed E-state index contributed by atoms with van der Waals surface area (Å²) in [6.07, 6.45) is 0. The van der Waals surface area contributed by atoms with Crippen LogP contribution >= 0.6 is 12.2 Å². The van der Waals surface area contributed by atoms with Crippen molar-refractivity contribution in [2.45, 2.75) is 20.8 Å². The fraction of sp³-hybridized carbons (Fsp3) is 0.211. The van der Waals surface area contributed by atoms with Crippen molar-refractivity contribution in [3.63, 3.8) is 0 Å². The molecule has 1 aromatic carbocycles. The van der Waals surface area contributed by atoms with Crippen molar-refractivity contribution in [3.05, 3.63) is 67.8 Å². The smallest absolute Gasteiger partial charge is 0.299 e. The molecule has 0 unspecified atom stereocenters. The van der Waals surface area contributed by atoms with Gasteiger partial charge in [-0.05, 0) is 38.5 Å². The van der Waals surface area contributed by atoms with Gasteiger partial charge in [-0.1, -0.05) is 30.4 Å². The number of aromatic amines is 1. The second-order valence-electron chi connectivity index (χ2n) is 6.15. The highest BCUT2D eigenvalue weighted by atomic mass is 32.1. The van der Waals surface area contributed by atoms with E-state index in [0.717, 1.165) is 5.69 Å². The molecule has 0 saturated carbocycles. The first-order valence-electron chi connectivity index (χ1n) is 8.26. The Morgan fingerprint density at radius 1 is 1.11 bits per heavy atom. The van der Waals surface area contributed by atoms with Gasteiger partial charge in [-0.3, -0.25) is 9.48 Å². The lowest BCUT2D eigenvalue weighted by Gasteiger charge is -2.07. The van der Waals surface area contributed by atoms with Crippen molar-refractivity contribution in [1.29, 1.82) is 5.26 Å². The summed E-state index contributed by atoms with van der Waals surface area (Å²) in [5.41, 5.74) is 3.62. The van der Waals surface area contributed by atoms with Crippen LogP contribution in [0.3, 0.4) is 0 Å². The number of rotatable bonds is 3. The van der Waals surface area contributed by atoms with Crippen LogP contribution in [-0.2, 0) is 7.05 Å². The van der Waals surface area contributed by atoms with Gasteiger partial charge in [-0.15, -0.1) is 10.2 Å². The number of nitrogens with one attached hydrogen (secondary N) is 1. The highest BCUT2D eigenvalue weighted by Gasteiger charge is 2.16. The van der Waals surface area contributed by atoms with Crippen molar-refractivity contribution in [2.24, 2.45) is 17.3 Å². The molecular formula is C19H18N6OS. The molecule has 2 heterocycles. The average molecular weight is 378 g/mol. The number of hydrogen-bond acceptors (Lipinski definition) is 5. The Kier molecular flexibility index (Phi) is 4.88. The average Bonchev–Trinajstić information content (AvgIpc) is 2.85. The number of pyridine rings is 1. The number of aryl methyl sites for hydroxylation is 1. The fourth-order valence-electron chi connectivity index (χ4n) is 2.92. The molecule has 7 nitrogen and oxygen atoms in total. The first kappa shape index (κ1) is 18.5. The Morgan fingerprint density at radius 2 is 1.74 bits per heavy atom. The van der Waals surface area contributed by atoms with Gasteiger partial charge in [0.2, 0.25) is 0 Å². The summed E-state index contributed by atoms with van der Waals surface area (Å²) >= 11 is 5.17. The minimum Gasteiger partial charge on any atom is -0.347 e. The maximum Gasteiger partial charge on any atom is 0.299 e. The Labute approximate surface area is 161 Å². The zero-order chi connectivity index (χ0) is 19.7. The number of benzene rings is 1. The number of H-pyrrole nitrogens is 1. The van der Waals surface area contributed by atoms with E-state index >= 15 is 0 Å². The molecule has 0 amide bonds. The van der Waals surface area contributed by atoms with E-state index in [1.807, 2.05) is 37.3 Å². The SMILES string of the molecule is Cc1[nH]c(=S)c(C#N)c(C)c1N=Nc1c(C)n(C)n(-c2ccccc2)c1=O. The monoisotopic (exact) mass is 378 g/mol. The summed E-state index contributed by atoms with van der Waals surface area (Å²) in [6.45, 7) is 5.39. The van der Waals surface area contributed by atoms with Crippen LogP contribution in [0.25, 0.3) is 5.69 Å². The molecule has 0 fully saturated rings. The Bertz CT molecular complexity index is 1210. The summed E-state index contributed by atoms with van der Waals surface area (Å²) in [5, 5.41) is 17.8. The van der Waals surface area contributed by atoms with Crippen LogP contribution in [-0.4, -0.2) is 14.3 Å². The van der Waals surface area contributed by atoms with Gasteiger partial charge in [0, 0.05) is 12.7 Å². The standard InChI is InChI=1S/C19H18N6OS/c1-11-15(10-20)18(27)21-12(2)16(11)22-23-17-13(3)24(4)25(19(17)26)14-8-6-5-7-9-14/h5-9H,1-4H3,(H,21,27). The Morgan fingerprint density at radius 3 is 2.37 bits per heavy atom. The van der Waals surface area contributed by atoms with E-state index in [4.69, 9.17) is 12.2 Å². The predicted octanol–water partition coefficient (Wildman–Crippen LogP) is 4.45. The molecule has 0 spiro atoms. The lowest BCUT2D eigenvalue weighted by Crippen LogP contribution is -2.19. The van der Waals surface area contributed by atoms with E-state index in [1.54, 1.807) is 30.3 Å². The minimum absolute atomic E-state index is 0.251. The lowest BCUT2D eigenvalue weighted by molar-refractivity contribution is 0.630. The first-order chi connectivity index (χ1) is 12.9. The van der Waals surface area contributed by atoms with Gasteiger partial charge in [-0.25, -0.2) is 4.68 Å². The molecule has 0 aliphatic carbocycles. The van der Waals surface area contributed by atoms with Gasteiger partial charge in [0.15, 0.2) is 5.69 Å². The second-order valence-corrected chi connectivity index (χ2v) is 6.56. The van der Waals surface area contributed by atoms with Crippen LogP contribution in [0, 0.1) is 36.7 Å². The van der Waals surface area contributed by atoms with Crippen molar-refractivity contribution < 1.29 is 0 Å². The van der Waals surface area contributed by atoms with Crippen LogP contribution in [0.4, 0.5) is 11.4 Å². The van der Waals surface area contributed by atoms with Crippen LogP contribution in [0.1, 0.15) is 22.5 Å². The predicted molar refractivity (Wildman–Crippen MR) is 106 cm³/mol. The van der Waals surface area contributed by atoms with Crippen molar-refractivity contribution in [1.82, 2.24) is 14.3 Å². The summed E-state index contributed by atoms with van der Waals surface area (Å²) in [6, 6.07) is 11.4. The molecule has 0 saturated heterocycles. The molecule has 0 aliphatic heterocycles. The van der Waals surface area contributed by atoms with Crippen molar-refractivity contribution in [3.8, 4) is 11.8 Å². The van der Waals surface area contributed by atoms with E-state index in [-0.39, 0.29) is 11.2 Å². The Hall–Kier alpha value is -3.31. The van der Waals surface area contributed by atoms with Gasteiger partial charge in [0.25, 0.3) is 5.56 Å². The van der Waals surface area contributed by atoms with Gasteiger partial charge < -0.3 is 4.98 Å². The van der Waals surface area contributed by atoms with Crippen molar-refractivity contribution >= 4 is 23.6 Å². The zero-order valence-corrected chi connectivity index (χ0v) is 16.3. The number of aromatic nitrogens is 3. The molecule has 0 atom stereocenters. The van der Waals surface area contributed by atoms with E-state index in [9.17, 15) is 10.1 Å². The van der Waals surface area contributed by atoms with Crippen LogP contribution in [0.5, 0.6) is 0 Å². The van der Waals surface area contributed by atoms with Gasteiger partial charge in [0.05, 0.1) is 16.9 Å². The Balaban J connectivity index is 2.15. The summed E-state index contributed by atoms with van der Waals surface area (Å²) < 4.78 is 3.65. The summed E-state index contributed by atoms with van der Waals surface area (Å²) in [5.74, 6) is 0. The topological polar surface area (TPSA) is 91.2 Å². The van der Waals surface area contributed by atoms with Crippen LogP contribution in [0.2, 0.25) is 0 Å². The normalized spacial score (nSPS) is 11.1. The first-order valence-corrected chi connectivity index (χ1v) is 8.67. The third-order valence-electron chi connectivity index (χ3n) is 4.50. The number of para-hydroxylation sites is 1. The highest BCUT2D eigenvalue weighted by molar-refractivity contribution is 7.71.